The van der Waals surface area contributed by atoms with Gasteiger partial charge in [-0.15, -0.1) is 0 Å². The van der Waals surface area contributed by atoms with Crippen LogP contribution in [0.2, 0.25) is 0 Å². The molecule has 1 rings (SSSR count). The number of alkyl halides is 3. The highest BCUT2D eigenvalue weighted by Gasteiger charge is 2.36. The number of rotatable bonds is 3. The van der Waals surface area contributed by atoms with Crippen LogP contribution in [-0.2, 0) is 0 Å². The van der Waals surface area contributed by atoms with E-state index in [-0.39, 0.29) is 11.8 Å². The van der Waals surface area contributed by atoms with Gasteiger partial charge >= 0.3 is 6.18 Å². The van der Waals surface area contributed by atoms with Gasteiger partial charge in [0.25, 0.3) is 0 Å². The Morgan fingerprint density at radius 3 is 2.07 bits per heavy atom. The van der Waals surface area contributed by atoms with Crippen molar-refractivity contribution in [3.8, 4) is 0 Å². The van der Waals surface area contributed by atoms with E-state index >= 15 is 0 Å². The lowest BCUT2D eigenvalue weighted by Gasteiger charge is -2.36. The first-order valence-corrected chi connectivity index (χ1v) is 5.24. The fraction of sp³-hybridized carbons (Fsp3) is 1.00. The number of hydrogen-bond acceptors (Lipinski definition) is 1. The van der Waals surface area contributed by atoms with Crippen molar-refractivity contribution in [2.75, 3.05) is 6.54 Å². The van der Waals surface area contributed by atoms with Crippen LogP contribution in [0.1, 0.15) is 44.9 Å². The van der Waals surface area contributed by atoms with Crippen molar-refractivity contribution in [3.63, 3.8) is 0 Å². The van der Waals surface area contributed by atoms with Gasteiger partial charge in [-0.05, 0) is 31.2 Å². The van der Waals surface area contributed by atoms with E-state index in [1.54, 1.807) is 0 Å². The molecule has 0 unspecified atom stereocenters. The zero-order chi connectivity index (χ0) is 10.7. The Balaban J connectivity index is 2.44. The second kappa shape index (κ2) is 4.51. The summed E-state index contributed by atoms with van der Waals surface area (Å²) in [5.74, 6) is 0. The first-order valence-electron chi connectivity index (χ1n) is 5.24. The van der Waals surface area contributed by atoms with Crippen LogP contribution in [0.5, 0.6) is 0 Å². The minimum Gasteiger partial charge on any atom is -0.330 e. The SMILES string of the molecule is NCC1(CCC(F)(F)F)CCCCC1. The van der Waals surface area contributed by atoms with E-state index in [0.717, 1.165) is 32.1 Å². The molecule has 0 spiro atoms. The van der Waals surface area contributed by atoms with Gasteiger partial charge in [-0.3, -0.25) is 0 Å². The summed E-state index contributed by atoms with van der Waals surface area (Å²) in [6.07, 6.45) is 0.480. The van der Waals surface area contributed by atoms with E-state index in [9.17, 15) is 13.2 Å². The molecular formula is C10H18F3N. The average Bonchev–Trinajstić information content (AvgIpc) is 2.15. The molecular weight excluding hydrogens is 191 g/mol. The Morgan fingerprint density at radius 2 is 1.64 bits per heavy atom. The summed E-state index contributed by atoms with van der Waals surface area (Å²) in [4.78, 5) is 0. The molecule has 14 heavy (non-hydrogen) atoms. The normalized spacial score (nSPS) is 22.3. The van der Waals surface area contributed by atoms with Gasteiger partial charge < -0.3 is 5.73 Å². The van der Waals surface area contributed by atoms with Crippen LogP contribution < -0.4 is 5.73 Å². The maximum Gasteiger partial charge on any atom is 0.389 e. The van der Waals surface area contributed by atoms with Crippen molar-refractivity contribution in [2.45, 2.75) is 51.1 Å². The van der Waals surface area contributed by atoms with E-state index < -0.39 is 12.6 Å². The minimum absolute atomic E-state index is 0.215. The topological polar surface area (TPSA) is 26.0 Å². The van der Waals surface area contributed by atoms with Gasteiger partial charge in [-0.25, -0.2) is 0 Å². The molecule has 0 amide bonds. The first-order chi connectivity index (χ1) is 6.47. The van der Waals surface area contributed by atoms with Gasteiger partial charge in [-0.2, -0.15) is 13.2 Å². The monoisotopic (exact) mass is 209 g/mol. The van der Waals surface area contributed by atoms with Crippen LogP contribution in [0.15, 0.2) is 0 Å². The van der Waals surface area contributed by atoms with Gasteiger partial charge in [0.1, 0.15) is 0 Å². The fourth-order valence-corrected chi connectivity index (χ4v) is 2.26. The number of nitrogens with two attached hydrogens (primary N) is 1. The third kappa shape index (κ3) is 3.48. The first kappa shape index (κ1) is 11.8. The van der Waals surface area contributed by atoms with Crippen molar-refractivity contribution < 1.29 is 13.2 Å². The molecule has 0 aromatic carbocycles. The molecule has 2 N–H and O–H groups in total. The fourth-order valence-electron chi connectivity index (χ4n) is 2.26. The molecule has 0 heterocycles. The zero-order valence-electron chi connectivity index (χ0n) is 8.37. The summed E-state index contributed by atoms with van der Waals surface area (Å²) in [5.41, 5.74) is 5.39. The molecule has 1 saturated carbocycles. The molecule has 1 nitrogen and oxygen atoms in total. The molecule has 1 aliphatic carbocycles. The molecule has 0 saturated heterocycles. The highest BCUT2D eigenvalue weighted by atomic mass is 19.4. The van der Waals surface area contributed by atoms with Crippen molar-refractivity contribution in [1.82, 2.24) is 0 Å². The van der Waals surface area contributed by atoms with Crippen molar-refractivity contribution in [3.05, 3.63) is 0 Å². The summed E-state index contributed by atoms with van der Waals surface area (Å²) < 4.78 is 36.2. The molecule has 0 aromatic rings. The summed E-state index contributed by atoms with van der Waals surface area (Å²) in [6, 6.07) is 0. The molecule has 0 radical (unpaired) electrons. The molecule has 1 fully saturated rings. The van der Waals surface area contributed by atoms with Crippen LogP contribution >= 0.6 is 0 Å². The van der Waals surface area contributed by atoms with Crippen molar-refractivity contribution in [1.29, 1.82) is 0 Å². The van der Waals surface area contributed by atoms with Crippen LogP contribution in [0.3, 0.4) is 0 Å². The van der Waals surface area contributed by atoms with Gasteiger partial charge in [-0.1, -0.05) is 19.3 Å². The number of hydrogen-bond donors (Lipinski definition) is 1. The molecule has 84 valence electrons. The Bertz CT molecular complexity index is 171. The summed E-state index contributed by atoms with van der Waals surface area (Å²) in [6.45, 7) is 0.406. The van der Waals surface area contributed by atoms with E-state index in [4.69, 9.17) is 5.73 Å². The highest BCUT2D eigenvalue weighted by molar-refractivity contribution is 4.84. The lowest BCUT2D eigenvalue weighted by molar-refractivity contribution is -0.141. The Morgan fingerprint density at radius 1 is 1.07 bits per heavy atom. The van der Waals surface area contributed by atoms with Crippen molar-refractivity contribution in [2.24, 2.45) is 11.1 Å². The lowest BCUT2D eigenvalue weighted by Crippen LogP contribution is -2.34. The summed E-state index contributed by atoms with van der Waals surface area (Å²) >= 11 is 0. The second-order valence-corrected chi connectivity index (χ2v) is 4.38. The highest BCUT2D eigenvalue weighted by Crippen LogP contribution is 2.41. The Kier molecular flexibility index (Phi) is 3.81. The smallest absolute Gasteiger partial charge is 0.330 e. The van der Waals surface area contributed by atoms with E-state index in [0.29, 0.717) is 6.54 Å². The Labute approximate surface area is 82.9 Å². The molecule has 0 aromatic heterocycles. The van der Waals surface area contributed by atoms with E-state index in [2.05, 4.69) is 0 Å². The molecule has 4 heteroatoms. The number of halogens is 3. The van der Waals surface area contributed by atoms with Crippen LogP contribution in [-0.4, -0.2) is 12.7 Å². The quantitative estimate of drug-likeness (QED) is 0.758. The molecule has 1 aliphatic rings. The van der Waals surface area contributed by atoms with Crippen molar-refractivity contribution >= 4 is 0 Å². The largest absolute Gasteiger partial charge is 0.389 e. The maximum absolute atomic E-state index is 12.1. The van der Waals surface area contributed by atoms with Gasteiger partial charge in [0.2, 0.25) is 0 Å². The molecule has 0 atom stereocenters. The zero-order valence-corrected chi connectivity index (χ0v) is 8.37. The van der Waals surface area contributed by atoms with E-state index in [1.807, 2.05) is 0 Å². The van der Waals surface area contributed by atoms with E-state index in [1.165, 1.54) is 0 Å². The predicted octanol–water partition coefficient (Wildman–Crippen LogP) is 3.24. The predicted molar refractivity (Wildman–Crippen MR) is 49.9 cm³/mol. The minimum atomic E-state index is -4.03. The third-order valence-electron chi connectivity index (χ3n) is 3.29. The standard InChI is InChI=1S/C10H18F3N/c11-10(12,13)7-6-9(8-14)4-2-1-3-5-9/h1-8,14H2. The summed E-state index contributed by atoms with van der Waals surface area (Å²) in [5, 5.41) is 0. The van der Waals surface area contributed by atoms with Crippen LogP contribution in [0.4, 0.5) is 13.2 Å². The molecule has 0 bridgehead atoms. The average molecular weight is 209 g/mol. The lowest BCUT2D eigenvalue weighted by atomic mass is 9.71. The Hall–Kier alpha value is -0.250. The third-order valence-corrected chi connectivity index (χ3v) is 3.29. The maximum atomic E-state index is 12.1. The second-order valence-electron chi connectivity index (χ2n) is 4.38. The summed E-state index contributed by atoms with van der Waals surface area (Å²) in [7, 11) is 0. The molecule has 0 aliphatic heterocycles. The van der Waals surface area contributed by atoms with Gasteiger partial charge in [0.05, 0.1) is 0 Å². The van der Waals surface area contributed by atoms with Crippen LogP contribution in [0.25, 0.3) is 0 Å². The van der Waals surface area contributed by atoms with Gasteiger partial charge in [0.15, 0.2) is 0 Å². The van der Waals surface area contributed by atoms with Crippen LogP contribution in [0, 0.1) is 5.41 Å². The van der Waals surface area contributed by atoms with Gasteiger partial charge in [0, 0.05) is 6.42 Å².